The van der Waals surface area contributed by atoms with Crippen LogP contribution in [0.2, 0.25) is 10.0 Å². The number of halogens is 2. The van der Waals surface area contributed by atoms with E-state index in [9.17, 15) is 0 Å². The zero-order valence-electron chi connectivity index (χ0n) is 12.9. The van der Waals surface area contributed by atoms with Crippen molar-refractivity contribution in [2.45, 2.75) is 38.3 Å². The zero-order valence-corrected chi connectivity index (χ0v) is 14.5. The Bertz CT molecular complexity index is 657. The van der Waals surface area contributed by atoms with Crippen LogP contribution < -0.4 is 11.5 Å². The second-order valence-electron chi connectivity index (χ2n) is 5.33. The third kappa shape index (κ3) is 3.02. The first-order chi connectivity index (χ1) is 10.5. The quantitative estimate of drug-likeness (QED) is 0.768. The summed E-state index contributed by atoms with van der Waals surface area (Å²) in [5, 5.41) is 1.07. The van der Waals surface area contributed by atoms with Crippen LogP contribution in [0, 0.1) is 0 Å². The fourth-order valence-corrected chi connectivity index (χ4v) is 3.27. The fourth-order valence-electron chi connectivity index (χ4n) is 2.97. The van der Waals surface area contributed by atoms with E-state index >= 15 is 0 Å². The molecular formula is C18H22Cl2N2. The maximum atomic E-state index is 6.72. The molecule has 1 aliphatic rings. The molecule has 4 N–H and O–H groups in total. The normalized spacial score (nSPS) is 23.3. The Kier molecular flexibility index (Phi) is 5.51. The average Bonchev–Trinajstić information content (AvgIpc) is 2.56. The van der Waals surface area contributed by atoms with E-state index in [4.69, 9.17) is 34.7 Å². The van der Waals surface area contributed by atoms with Gasteiger partial charge in [-0.1, -0.05) is 67.4 Å². The molecule has 4 heteroatoms. The smallest absolute Gasteiger partial charge is 0.0670 e. The first kappa shape index (κ1) is 17.3. The van der Waals surface area contributed by atoms with E-state index in [0.717, 1.165) is 29.5 Å². The molecule has 0 aromatic heterocycles. The Morgan fingerprint density at radius 1 is 1.05 bits per heavy atom. The third-order valence-electron chi connectivity index (χ3n) is 4.13. The van der Waals surface area contributed by atoms with Crippen molar-refractivity contribution in [3.63, 3.8) is 0 Å². The molecule has 0 heterocycles. The maximum Gasteiger partial charge on any atom is 0.0670 e. The SMILES string of the molecule is CC.NC1CCC(N)(c2ccc(Cl)c(Cl)c2)c2ccccc21. The van der Waals surface area contributed by atoms with Crippen LogP contribution in [-0.2, 0) is 5.54 Å². The minimum atomic E-state index is -0.555. The minimum Gasteiger partial charge on any atom is -0.324 e. The van der Waals surface area contributed by atoms with Gasteiger partial charge in [0.05, 0.1) is 15.6 Å². The molecule has 0 radical (unpaired) electrons. The highest BCUT2D eigenvalue weighted by Gasteiger charge is 2.37. The summed E-state index contributed by atoms with van der Waals surface area (Å²) < 4.78 is 0. The largest absolute Gasteiger partial charge is 0.324 e. The van der Waals surface area contributed by atoms with E-state index in [2.05, 4.69) is 12.1 Å². The van der Waals surface area contributed by atoms with Gasteiger partial charge < -0.3 is 11.5 Å². The topological polar surface area (TPSA) is 52.0 Å². The molecule has 3 rings (SSSR count). The lowest BCUT2D eigenvalue weighted by Gasteiger charge is -2.39. The maximum absolute atomic E-state index is 6.72. The van der Waals surface area contributed by atoms with Crippen molar-refractivity contribution >= 4 is 23.2 Å². The Morgan fingerprint density at radius 2 is 1.73 bits per heavy atom. The van der Waals surface area contributed by atoms with Crippen molar-refractivity contribution in [2.24, 2.45) is 11.5 Å². The Morgan fingerprint density at radius 3 is 2.41 bits per heavy atom. The summed E-state index contributed by atoms with van der Waals surface area (Å²) in [6.45, 7) is 4.00. The van der Waals surface area contributed by atoms with Crippen LogP contribution in [0.15, 0.2) is 42.5 Å². The summed E-state index contributed by atoms with van der Waals surface area (Å²) in [6.07, 6.45) is 1.65. The van der Waals surface area contributed by atoms with Gasteiger partial charge in [0, 0.05) is 6.04 Å². The van der Waals surface area contributed by atoms with Gasteiger partial charge in [-0.3, -0.25) is 0 Å². The number of benzene rings is 2. The van der Waals surface area contributed by atoms with Crippen molar-refractivity contribution in [3.05, 3.63) is 69.2 Å². The van der Waals surface area contributed by atoms with E-state index in [1.54, 1.807) is 6.07 Å². The van der Waals surface area contributed by atoms with Gasteiger partial charge in [-0.2, -0.15) is 0 Å². The molecule has 2 aromatic carbocycles. The van der Waals surface area contributed by atoms with E-state index < -0.39 is 5.54 Å². The molecule has 118 valence electrons. The molecule has 0 fully saturated rings. The van der Waals surface area contributed by atoms with E-state index in [-0.39, 0.29) is 6.04 Å². The van der Waals surface area contributed by atoms with Crippen molar-refractivity contribution in [1.29, 1.82) is 0 Å². The molecule has 0 aliphatic heterocycles. The standard InChI is InChI=1S/C16H16Cl2N2.C2H6/c17-13-6-5-10(9-14(13)18)16(20)8-7-15(19)11-3-1-2-4-12(11)16;1-2/h1-6,9,15H,7-8,19-20H2;1-2H3. The first-order valence-electron chi connectivity index (χ1n) is 7.62. The van der Waals surface area contributed by atoms with Crippen molar-refractivity contribution < 1.29 is 0 Å². The minimum absolute atomic E-state index is 0.0469. The van der Waals surface area contributed by atoms with Crippen LogP contribution in [0.4, 0.5) is 0 Å². The number of nitrogens with two attached hydrogens (primary N) is 2. The monoisotopic (exact) mass is 336 g/mol. The van der Waals surface area contributed by atoms with Gasteiger partial charge >= 0.3 is 0 Å². The Hall–Kier alpha value is -1.06. The van der Waals surface area contributed by atoms with Crippen LogP contribution in [-0.4, -0.2) is 0 Å². The number of rotatable bonds is 1. The molecule has 2 nitrogen and oxygen atoms in total. The second-order valence-corrected chi connectivity index (χ2v) is 6.15. The molecule has 2 atom stereocenters. The molecule has 1 aliphatic carbocycles. The van der Waals surface area contributed by atoms with Gasteiger partial charge in [-0.15, -0.1) is 0 Å². The van der Waals surface area contributed by atoms with Crippen molar-refractivity contribution in [3.8, 4) is 0 Å². The number of hydrogen-bond donors (Lipinski definition) is 2. The van der Waals surface area contributed by atoms with Crippen molar-refractivity contribution in [1.82, 2.24) is 0 Å². The molecule has 0 saturated heterocycles. The molecular weight excluding hydrogens is 315 g/mol. The summed E-state index contributed by atoms with van der Waals surface area (Å²) in [6, 6.07) is 13.8. The van der Waals surface area contributed by atoms with Crippen molar-refractivity contribution in [2.75, 3.05) is 0 Å². The van der Waals surface area contributed by atoms with Gasteiger partial charge in [0.2, 0.25) is 0 Å². The molecule has 0 bridgehead atoms. The summed E-state index contributed by atoms with van der Waals surface area (Å²) in [5.41, 5.74) is 15.5. The van der Waals surface area contributed by atoms with Crippen LogP contribution >= 0.6 is 23.2 Å². The highest BCUT2D eigenvalue weighted by molar-refractivity contribution is 6.42. The number of hydrogen-bond acceptors (Lipinski definition) is 2. The van der Waals surface area contributed by atoms with Gasteiger partial charge in [0.15, 0.2) is 0 Å². The molecule has 22 heavy (non-hydrogen) atoms. The van der Waals surface area contributed by atoms with Gasteiger partial charge in [-0.05, 0) is 41.7 Å². The van der Waals surface area contributed by atoms with E-state index in [1.165, 1.54) is 0 Å². The lowest BCUT2D eigenvalue weighted by Crippen LogP contribution is -2.43. The zero-order chi connectivity index (χ0) is 16.3. The van der Waals surface area contributed by atoms with Crippen LogP contribution in [0.1, 0.15) is 49.4 Å². The molecule has 0 saturated carbocycles. The Labute approximate surface area is 142 Å². The summed E-state index contributed by atoms with van der Waals surface area (Å²) >= 11 is 12.1. The third-order valence-corrected chi connectivity index (χ3v) is 4.86. The van der Waals surface area contributed by atoms with Crippen LogP contribution in [0.3, 0.4) is 0 Å². The number of fused-ring (bicyclic) bond motifs is 1. The molecule has 2 aromatic rings. The van der Waals surface area contributed by atoms with Gasteiger partial charge in [0.25, 0.3) is 0 Å². The first-order valence-corrected chi connectivity index (χ1v) is 8.37. The molecule has 0 spiro atoms. The van der Waals surface area contributed by atoms with Gasteiger partial charge in [-0.25, -0.2) is 0 Å². The predicted octanol–water partition coefficient (Wildman–Crippen LogP) is 5.02. The Balaban J connectivity index is 0.000000847. The van der Waals surface area contributed by atoms with E-state index in [1.807, 2.05) is 38.1 Å². The summed E-state index contributed by atoms with van der Waals surface area (Å²) in [4.78, 5) is 0. The highest BCUT2D eigenvalue weighted by atomic mass is 35.5. The average molecular weight is 337 g/mol. The lowest BCUT2D eigenvalue weighted by molar-refractivity contribution is 0.405. The fraction of sp³-hybridized carbons (Fsp3) is 0.333. The van der Waals surface area contributed by atoms with E-state index in [0.29, 0.717) is 10.0 Å². The predicted molar refractivity (Wildman–Crippen MR) is 95.4 cm³/mol. The van der Waals surface area contributed by atoms with Crippen LogP contribution in [0.25, 0.3) is 0 Å². The molecule has 0 amide bonds. The lowest BCUT2D eigenvalue weighted by atomic mass is 9.71. The summed E-state index contributed by atoms with van der Waals surface area (Å²) in [5.74, 6) is 0. The van der Waals surface area contributed by atoms with Crippen LogP contribution in [0.5, 0.6) is 0 Å². The second kappa shape index (κ2) is 7.01. The highest BCUT2D eigenvalue weighted by Crippen LogP contribution is 2.42. The molecule has 2 unspecified atom stereocenters. The summed E-state index contributed by atoms with van der Waals surface area (Å²) in [7, 11) is 0. The van der Waals surface area contributed by atoms with Gasteiger partial charge in [0.1, 0.15) is 0 Å².